The van der Waals surface area contributed by atoms with Gasteiger partial charge in [-0.1, -0.05) is 12.1 Å². The first-order valence-electron chi connectivity index (χ1n) is 7.32. The van der Waals surface area contributed by atoms with Crippen molar-refractivity contribution in [2.75, 3.05) is 26.4 Å². The predicted molar refractivity (Wildman–Crippen MR) is 78.5 cm³/mol. The lowest BCUT2D eigenvalue weighted by Gasteiger charge is -2.19. The number of aromatic nitrogens is 3. The molecule has 0 saturated heterocycles. The molecule has 0 aliphatic rings. The lowest BCUT2D eigenvalue weighted by Crippen LogP contribution is -2.22. The molecule has 0 aliphatic carbocycles. The molecule has 0 aliphatic heterocycles. The normalized spacial score (nSPS) is 12.0. The molecule has 0 unspecified atom stereocenters. The fourth-order valence-electron chi connectivity index (χ4n) is 1.59. The van der Waals surface area contributed by atoms with Crippen LogP contribution in [0.25, 0.3) is 0 Å². The molecule has 1 aromatic rings. The second-order valence-electron chi connectivity index (χ2n) is 5.72. The molecule has 0 amide bonds. The predicted octanol–water partition coefficient (Wildman–Crippen LogP) is 1.61. The minimum absolute atomic E-state index is 0.102. The number of nitrogens with one attached hydrogen (secondary N) is 1. The van der Waals surface area contributed by atoms with Crippen molar-refractivity contribution >= 4 is 0 Å². The summed E-state index contributed by atoms with van der Waals surface area (Å²) in [5, 5.41) is 11.5. The van der Waals surface area contributed by atoms with Crippen molar-refractivity contribution in [3.05, 3.63) is 11.9 Å². The molecule has 1 rings (SSSR count). The van der Waals surface area contributed by atoms with E-state index in [4.69, 9.17) is 9.47 Å². The van der Waals surface area contributed by atoms with Crippen LogP contribution in [0.3, 0.4) is 0 Å². The monoisotopic (exact) mass is 284 g/mol. The SMILES string of the molecule is CCCNCc1cn(CCOCCOC(C)(C)C)nn1. The Morgan fingerprint density at radius 3 is 2.75 bits per heavy atom. The Bertz CT molecular complexity index is 360. The van der Waals surface area contributed by atoms with E-state index in [1.54, 1.807) is 0 Å². The molecule has 0 aromatic carbocycles. The summed E-state index contributed by atoms with van der Waals surface area (Å²) in [5.41, 5.74) is 0.866. The quantitative estimate of drug-likeness (QED) is 0.661. The molecule has 0 radical (unpaired) electrons. The van der Waals surface area contributed by atoms with Crippen LogP contribution < -0.4 is 5.32 Å². The van der Waals surface area contributed by atoms with Crippen molar-refractivity contribution in [3.63, 3.8) is 0 Å². The Kier molecular flexibility index (Phi) is 7.72. The van der Waals surface area contributed by atoms with Gasteiger partial charge >= 0.3 is 0 Å². The summed E-state index contributed by atoms with van der Waals surface area (Å²) in [6.45, 7) is 12.6. The molecule has 1 N–H and O–H groups in total. The maximum atomic E-state index is 5.57. The van der Waals surface area contributed by atoms with Crippen LogP contribution in [-0.4, -0.2) is 47.0 Å². The summed E-state index contributed by atoms with van der Waals surface area (Å²) < 4.78 is 12.9. The third-order valence-electron chi connectivity index (χ3n) is 2.55. The molecular weight excluding hydrogens is 256 g/mol. The van der Waals surface area contributed by atoms with Crippen molar-refractivity contribution in [1.29, 1.82) is 0 Å². The molecule has 0 fully saturated rings. The van der Waals surface area contributed by atoms with Gasteiger partial charge in [0.05, 0.1) is 37.7 Å². The minimum Gasteiger partial charge on any atom is -0.377 e. The first-order chi connectivity index (χ1) is 9.51. The Hall–Kier alpha value is -0.980. The van der Waals surface area contributed by atoms with Gasteiger partial charge in [0.1, 0.15) is 0 Å². The zero-order chi connectivity index (χ0) is 14.8. The van der Waals surface area contributed by atoms with Crippen LogP contribution in [-0.2, 0) is 22.6 Å². The van der Waals surface area contributed by atoms with E-state index in [0.717, 1.165) is 31.7 Å². The maximum absolute atomic E-state index is 5.57. The van der Waals surface area contributed by atoms with Crippen molar-refractivity contribution in [2.45, 2.75) is 52.8 Å². The molecule has 6 nitrogen and oxygen atoms in total. The van der Waals surface area contributed by atoms with Crippen LogP contribution >= 0.6 is 0 Å². The van der Waals surface area contributed by atoms with E-state index in [0.29, 0.717) is 19.8 Å². The number of rotatable bonds is 10. The first-order valence-corrected chi connectivity index (χ1v) is 7.32. The third kappa shape index (κ3) is 8.24. The van der Waals surface area contributed by atoms with Crippen molar-refractivity contribution < 1.29 is 9.47 Å². The number of hydrogen-bond acceptors (Lipinski definition) is 5. The third-order valence-corrected chi connectivity index (χ3v) is 2.55. The van der Waals surface area contributed by atoms with Crippen LogP contribution in [0.15, 0.2) is 6.20 Å². The highest BCUT2D eigenvalue weighted by Gasteiger charge is 2.08. The van der Waals surface area contributed by atoms with Gasteiger partial charge in [0.25, 0.3) is 0 Å². The highest BCUT2D eigenvalue weighted by molar-refractivity contribution is 4.91. The largest absolute Gasteiger partial charge is 0.377 e. The van der Waals surface area contributed by atoms with Gasteiger partial charge in [-0.2, -0.15) is 0 Å². The lowest BCUT2D eigenvalue weighted by atomic mass is 10.2. The van der Waals surface area contributed by atoms with E-state index in [-0.39, 0.29) is 5.60 Å². The average molecular weight is 284 g/mol. The second kappa shape index (κ2) is 9.05. The molecular formula is C14H28N4O2. The number of ether oxygens (including phenoxy) is 2. The van der Waals surface area contributed by atoms with Crippen LogP contribution in [0, 0.1) is 0 Å². The zero-order valence-corrected chi connectivity index (χ0v) is 13.2. The van der Waals surface area contributed by atoms with Crippen molar-refractivity contribution in [2.24, 2.45) is 0 Å². The highest BCUT2D eigenvalue weighted by atomic mass is 16.5. The van der Waals surface area contributed by atoms with Gasteiger partial charge in [0, 0.05) is 12.7 Å². The van der Waals surface area contributed by atoms with Crippen LogP contribution in [0.1, 0.15) is 39.8 Å². The van der Waals surface area contributed by atoms with Crippen molar-refractivity contribution in [1.82, 2.24) is 20.3 Å². The summed E-state index contributed by atoms with van der Waals surface area (Å²) in [7, 11) is 0. The molecule has 1 heterocycles. The smallest absolute Gasteiger partial charge is 0.0964 e. The highest BCUT2D eigenvalue weighted by Crippen LogP contribution is 2.05. The summed E-state index contributed by atoms with van der Waals surface area (Å²) in [6, 6.07) is 0. The van der Waals surface area contributed by atoms with E-state index in [1.807, 2.05) is 31.6 Å². The average Bonchev–Trinajstić information content (AvgIpc) is 2.81. The Morgan fingerprint density at radius 1 is 1.25 bits per heavy atom. The number of nitrogens with zero attached hydrogens (tertiary/aromatic N) is 3. The zero-order valence-electron chi connectivity index (χ0n) is 13.2. The standard InChI is InChI=1S/C14H28N4O2/c1-5-6-15-11-13-12-18(17-16-13)7-8-19-9-10-20-14(2,3)4/h12,15H,5-11H2,1-4H3. The maximum Gasteiger partial charge on any atom is 0.0964 e. The molecule has 116 valence electrons. The van der Waals surface area contributed by atoms with E-state index in [2.05, 4.69) is 22.6 Å². The van der Waals surface area contributed by atoms with E-state index in [1.165, 1.54) is 0 Å². The van der Waals surface area contributed by atoms with Gasteiger partial charge in [-0.3, -0.25) is 0 Å². The molecule has 0 atom stereocenters. The fraction of sp³-hybridized carbons (Fsp3) is 0.857. The summed E-state index contributed by atoms with van der Waals surface area (Å²) in [4.78, 5) is 0. The molecule has 1 aromatic heterocycles. The van der Waals surface area contributed by atoms with Gasteiger partial charge in [-0.15, -0.1) is 5.10 Å². The van der Waals surface area contributed by atoms with E-state index in [9.17, 15) is 0 Å². The van der Waals surface area contributed by atoms with Crippen LogP contribution in [0.2, 0.25) is 0 Å². The van der Waals surface area contributed by atoms with Crippen LogP contribution in [0.5, 0.6) is 0 Å². The lowest BCUT2D eigenvalue weighted by molar-refractivity contribution is -0.0359. The topological polar surface area (TPSA) is 61.2 Å². The summed E-state index contributed by atoms with van der Waals surface area (Å²) in [5.74, 6) is 0. The first kappa shape index (κ1) is 17.1. The van der Waals surface area contributed by atoms with Gasteiger partial charge in [-0.05, 0) is 33.7 Å². The van der Waals surface area contributed by atoms with E-state index >= 15 is 0 Å². The van der Waals surface area contributed by atoms with Gasteiger partial charge in [-0.25, -0.2) is 4.68 Å². The number of hydrogen-bond donors (Lipinski definition) is 1. The minimum atomic E-state index is -0.102. The molecule has 0 saturated carbocycles. The Labute approximate surface area is 121 Å². The fourth-order valence-corrected chi connectivity index (χ4v) is 1.59. The molecule has 0 bridgehead atoms. The molecule has 6 heteroatoms. The summed E-state index contributed by atoms with van der Waals surface area (Å²) in [6.07, 6.45) is 3.08. The summed E-state index contributed by atoms with van der Waals surface area (Å²) >= 11 is 0. The van der Waals surface area contributed by atoms with E-state index < -0.39 is 0 Å². The van der Waals surface area contributed by atoms with Crippen molar-refractivity contribution in [3.8, 4) is 0 Å². The Morgan fingerprint density at radius 2 is 2.05 bits per heavy atom. The Balaban J connectivity index is 2.07. The van der Waals surface area contributed by atoms with Gasteiger partial charge in [0.2, 0.25) is 0 Å². The van der Waals surface area contributed by atoms with Gasteiger partial charge < -0.3 is 14.8 Å². The second-order valence-corrected chi connectivity index (χ2v) is 5.72. The molecule has 0 spiro atoms. The van der Waals surface area contributed by atoms with Crippen LogP contribution in [0.4, 0.5) is 0 Å². The van der Waals surface area contributed by atoms with Gasteiger partial charge in [0.15, 0.2) is 0 Å². The molecule has 20 heavy (non-hydrogen) atoms.